The molecule has 5 heteroatoms. The van der Waals surface area contributed by atoms with E-state index in [1.807, 2.05) is 13.0 Å². The average Bonchev–Trinajstić information content (AvgIpc) is 2.56. The zero-order chi connectivity index (χ0) is 11.7. The van der Waals surface area contributed by atoms with Gasteiger partial charge in [0.05, 0.1) is 17.6 Å². The van der Waals surface area contributed by atoms with Crippen LogP contribution in [-0.2, 0) is 7.05 Å². The zero-order valence-corrected chi connectivity index (χ0v) is 9.23. The number of primary amides is 1. The number of carbonyl (C=O) groups excluding carboxylic acids is 1. The van der Waals surface area contributed by atoms with Crippen LogP contribution in [0.4, 0.5) is 0 Å². The van der Waals surface area contributed by atoms with E-state index in [9.17, 15) is 4.79 Å². The molecule has 2 aromatic rings. The fourth-order valence-corrected chi connectivity index (χ4v) is 1.70. The maximum atomic E-state index is 11.2. The summed E-state index contributed by atoms with van der Waals surface area (Å²) in [5.41, 5.74) is 6.28. The van der Waals surface area contributed by atoms with Gasteiger partial charge in [0.2, 0.25) is 5.88 Å². The van der Waals surface area contributed by atoms with Crippen LogP contribution in [0.2, 0.25) is 0 Å². The Balaban J connectivity index is 2.72. The van der Waals surface area contributed by atoms with Crippen LogP contribution in [-0.4, -0.2) is 22.3 Å². The number of aromatic nitrogens is 2. The molecule has 0 aliphatic heterocycles. The van der Waals surface area contributed by atoms with Crippen molar-refractivity contribution in [3.8, 4) is 5.88 Å². The fourth-order valence-electron chi connectivity index (χ4n) is 1.70. The minimum absolute atomic E-state index is 0.416. The number of rotatable bonds is 3. The second-order valence-corrected chi connectivity index (χ2v) is 3.43. The minimum atomic E-state index is -0.480. The maximum absolute atomic E-state index is 11.2. The van der Waals surface area contributed by atoms with Crippen LogP contribution >= 0.6 is 0 Å². The molecule has 0 unspecified atom stereocenters. The predicted molar refractivity (Wildman–Crippen MR) is 60.4 cm³/mol. The summed E-state index contributed by atoms with van der Waals surface area (Å²) in [6, 6.07) is 5.29. The van der Waals surface area contributed by atoms with E-state index in [1.165, 1.54) is 0 Å². The molecule has 1 aromatic heterocycles. The van der Waals surface area contributed by atoms with Gasteiger partial charge in [-0.1, -0.05) is 6.07 Å². The Morgan fingerprint density at radius 1 is 1.56 bits per heavy atom. The molecular formula is C11H13N3O2. The van der Waals surface area contributed by atoms with Crippen LogP contribution in [0.3, 0.4) is 0 Å². The lowest BCUT2D eigenvalue weighted by Crippen LogP contribution is -2.11. The smallest absolute Gasteiger partial charge is 0.250 e. The van der Waals surface area contributed by atoms with Crippen LogP contribution in [0.25, 0.3) is 10.9 Å². The largest absolute Gasteiger partial charge is 0.478 e. The molecule has 0 spiro atoms. The summed E-state index contributed by atoms with van der Waals surface area (Å²) in [6.07, 6.45) is 0. The van der Waals surface area contributed by atoms with Crippen molar-refractivity contribution in [2.24, 2.45) is 12.8 Å². The Labute approximate surface area is 92.8 Å². The molecule has 0 aliphatic carbocycles. The first kappa shape index (κ1) is 10.5. The molecule has 1 aromatic carbocycles. The second-order valence-electron chi connectivity index (χ2n) is 3.43. The van der Waals surface area contributed by atoms with Crippen molar-refractivity contribution in [2.45, 2.75) is 6.92 Å². The normalized spacial score (nSPS) is 10.6. The third-order valence-corrected chi connectivity index (χ3v) is 2.36. The molecule has 1 amide bonds. The lowest BCUT2D eigenvalue weighted by molar-refractivity contribution is 0.100. The number of hydrogen-bond donors (Lipinski definition) is 1. The fraction of sp³-hybridized carbons (Fsp3) is 0.273. The summed E-state index contributed by atoms with van der Waals surface area (Å²) in [5.74, 6) is 0.173. The molecule has 0 atom stereocenters. The van der Waals surface area contributed by atoms with Gasteiger partial charge in [-0.3, -0.25) is 4.79 Å². The van der Waals surface area contributed by atoms with Gasteiger partial charge < -0.3 is 10.5 Å². The van der Waals surface area contributed by atoms with Crippen molar-refractivity contribution >= 4 is 16.8 Å². The quantitative estimate of drug-likeness (QED) is 0.839. The Hall–Kier alpha value is -2.04. The van der Waals surface area contributed by atoms with Gasteiger partial charge in [0, 0.05) is 7.05 Å². The molecule has 1 heterocycles. The molecule has 0 aliphatic rings. The highest BCUT2D eigenvalue weighted by molar-refractivity contribution is 6.05. The van der Waals surface area contributed by atoms with E-state index in [-0.39, 0.29) is 0 Å². The van der Waals surface area contributed by atoms with E-state index >= 15 is 0 Å². The molecule has 5 nitrogen and oxygen atoms in total. The first-order valence-corrected chi connectivity index (χ1v) is 5.03. The number of amides is 1. The third kappa shape index (κ3) is 1.50. The first-order valence-electron chi connectivity index (χ1n) is 5.03. The summed E-state index contributed by atoms with van der Waals surface area (Å²) < 4.78 is 7.08. The van der Waals surface area contributed by atoms with E-state index in [0.717, 1.165) is 5.39 Å². The van der Waals surface area contributed by atoms with Crippen molar-refractivity contribution < 1.29 is 9.53 Å². The van der Waals surface area contributed by atoms with E-state index in [0.29, 0.717) is 23.6 Å². The third-order valence-electron chi connectivity index (χ3n) is 2.36. The van der Waals surface area contributed by atoms with Crippen molar-refractivity contribution in [2.75, 3.05) is 6.61 Å². The number of hydrogen-bond acceptors (Lipinski definition) is 3. The van der Waals surface area contributed by atoms with Crippen LogP contribution < -0.4 is 10.5 Å². The van der Waals surface area contributed by atoms with Crippen molar-refractivity contribution in [1.29, 1.82) is 0 Å². The number of ether oxygens (including phenoxy) is 1. The lowest BCUT2D eigenvalue weighted by Gasteiger charge is -2.02. The van der Waals surface area contributed by atoms with Crippen LogP contribution in [0.1, 0.15) is 17.3 Å². The number of carbonyl (C=O) groups is 1. The second kappa shape index (κ2) is 3.84. The van der Waals surface area contributed by atoms with Crippen LogP contribution in [0.15, 0.2) is 18.2 Å². The minimum Gasteiger partial charge on any atom is -0.478 e. The standard InChI is InChI=1S/C11H13N3O2/c1-3-16-11-8-6-4-5-7(10(12)15)9(8)13-14(11)2/h4-6H,3H2,1-2H3,(H2,12,15). The Bertz CT molecular complexity index is 545. The van der Waals surface area contributed by atoms with Crippen LogP contribution in [0.5, 0.6) is 5.88 Å². The number of aryl methyl sites for hydroxylation is 1. The highest BCUT2D eigenvalue weighted by Gasteiger charge is 2.15. The van der Waals surface area contributed by atoms with E-state index in [1.54, 1.807) is 23.9 Å². The highest BCUT2D eigenvalue weighted by Crippen LogP contribution is 2.26. The zero-order valence-electron chi connectivity index (χ0n) is 9.23. The molecule has 2 rings (SSSR count). The van der Waals surface area contributed by atoms with Gasteiger partial charge in [-0.15, -0.1) is 0 Å². The SMILES string of the molecule is CCOc1c2cccc(C(N)=O)c2nn1C. The first-order chi connectivity index (χ1) is 7.65. The summed E-state index contributed by atoms with van der Waals surface area (Å²) in [4.78, 5) is 11.2. The monoisotopic (exact) mass is 219 g/mol. The number of benzene rings is 1. The van der Waals surface area contributed by atoms with E-state index < -0.39 is 5.91 Å². The molecular weight excluding hydrogens is 206 g/mol. The Morgan fingerprint density at radius 2 is 2.31 bits per heavy atom. The van der Waals surface area contributed by atoms with E-state index in [4.69, 9.17) is 10.5 Å². The number of fused-ring (bicyclic) bond motifs is 1. The van der Waals surface area contributed by atoms with Gasteiger partial charge in [0.15, 0.2) is 0 Å². The summed E-state index contributed by atoms with van der Waals surface area (Å²) in [6.45, 7) is 2.45. The Morgan fingerprint density at radius 3 is 2.94 bits per heavy atom. The highest BCUT2D eigenvalue weighted by atomic mass is 16.5. The van der Waals surface area contributed by atoms with Crippen molar-refractivity contribution in [3.05, 3.63) is 23.8 Å². The predicted octanol–water partition coefficient (Wildman–Crippen LogP) is 1.07. The topological polar surface area (TPSA) is 70.1 Å². The van der Waals surface area contributed by atoms with Gasteiger partial charge in [-0.25, -0.2) is 4.68 Å². The Kier molecular flexibility index (Phi) is 2.52. The molecule has 84 valence electrons. The van der Waals surface area contributed by atoms with Gasteiger partial charge in [0.25, 0.3) is 5.91 Å². The van der Waals surface area contributed by atoms with Gasteiger partial charge in [-0.05, 0) is 19.1 Å². The van der Waals surface area contributed by atoms with Crippen LogP contribution in [0, 0.1) is 0 Å². The van der Waals surface area contributed by atoms with Gasteiger partial charge in [0.1, 0.15) is 5.52 Å². The average molecular weight is 219 g/mol. The summed E-state index contributed by atoms with van der Waals surface area (Å²) in [5, 5.41) is 5.05. The molecule has 0 saturated carbocycles. The van der Waals surface area contributed by atoms with Crippen molar-refractivity contribution in [3.63, 3.8) is 0 Å². The lowest BCUT2D eigenvalue weighted by atomic mass is 10.1. The molecule has 0 fully saturated rings. The van der Waals surface area contributed by atoms with E-state index in [2.05, 4.69) is 5.10 Å². The van der Waals surface area contributed by atoms with Gasteiger partial charge in [-0.2, -0.15) is 5.10 Å². The summed E-state index contributed by atoms with van der Waals surface area (Å²) in [7, 11) is 1.77. The van der Waals surface area contributed by atoms with Gasteiger partial charge >= 0.3 is 0 Å². The molecule has 0 radical (unpaired) electrons. The molecule has 0 bridgehead atoms. The number of nitrogens with two attached hydrogens (primary N) is 1. The van der Waals surface area contributed by atoms with Crippen molar-refractivity contribution in [1.82, 2.24) is 9.78 Å². The summed E-state index contributed by atoms with van der Waals surface area (Å²) >= 11 is 0. The maximum Gasteiger partial charge on any atom is 0.250 e. The molecule has 0 saturated heterocycles. The number of nitrogens with zero attached hydrogens (tertiary/aromatic N) is 2. The molecule has 16 heavy (non-hydrogen) atoms. The molecule has 2 N–H and O–H groups in total.